The van der Waals surface area contributed by atoms with E-state index in [1.165, 1.54) is 57.8 Å². The van der Waals surface area contributed by atoms with E-state index in [-0.39, 0.29) is 0 Å². The SMILES string of the molecule is COCO[C@H]1CCC2C3CCC4C[C@@H](O[Si](C)(C)C(C)(C)C)CC[C@]4(C)C3CC[C@@]21C. The van der Waals surface area contributed by atoms with Crippen LogP contribution in [0.3, 0.4) is 0 Å². The van der Waals surface area contributed by atoms with Crippen molar-refractivity contribution < 1.29 is 13.9 Å². The fourth-order valence-electron chi connectivity index (χ4n) is 8.30. The fourth-order valence-corrected chi connectivity index (χ4v) is 9.70. The fraction of sp³-hybridized carbons (Fsp3) is 1.00. The Hall–Kier alpha value is 0.0969. The highest BCUT2D eigenvalue weighted by Gasteiger charge is 2.60. The van der Waals surface area contributed by atoms with E-state index in [1.807, 2.05) is 0 Å². The summed E-state index contributed by atoms with van der Waals surface area (Å²) in [6.45, 7) is 17.7. The Morgan fingerprint density at radius 2 is 1.55 bits per heavy atom. The molecule has 4 heteroatoms. The summed E-state index contributed by atoms with van der Waals surface area (Å²) >= 11 is 0. The predicted octanol–water partition coefficient (Wildman–Crippen LogP) is 7.41. The molecule has 0 aliphatic heterocycles. The normalized spacial score (nSPS) is 45.7. The molecular formula is C27H50O3Si. The Morgan fingerprint density at radius 1 is 0.871 bits per heavy atom. The van der Waals surface area contributed by atoms with Crippen molar-refractivity contribution in [1.29, 1.82) is 0 Å². The molecule has 4 unspecified atom stereocenters. The van der Waals surface area contributed by atoms with Gasteiger partial charge in [0.1, 0.15) is 6.79 Å². The third-order valence-corrected chi connectivity index (χ3v) is 15.7. The first-order valence-electron chi connectivity index (χ1n) is 13.2. The van der Waals surface area contributed by atoms with E-state index in [9.17, 15) is 0 Å². The first kappa shape index (κ1) is 24.2. The summed E-state index contributed by atoms with van der Waals surface area (Å²) in [5, 5.41) is 0.309. The largest absolute Gasteiger partial charge is 0.414 e. The third kappa shape index (κ3) is 4.10. The van der Waals surface area contributed by atoms with Crippen molar-refractivity contribution in [2.45, 2.75) is 123 Å². The van der Waals surface area contributed by atoms with Crippen LogP contribution in [0.15, 0.2) is 0 Å². The summed E-state index contributed by atoms with van der Waals surface area (Å²) in [4.78, 5) is 0. The molecular weight excluding hydrogens is 400 g/mol. The van der Waals surface area contributed by atoms with Gasteiger partial charge in [-0.3, -0.25) is 0 Å². The molecule has 0 saturated heterocycles. The second kappa shape index (κ2) is 8.39. The van der Waals surface area contributed by atoms with Gasteiger partial charge in [-0.15, -0.1) is 0 Å². The molecule has 0 heterocycles. The second-order valence-corrected chi connectivity index (χ2v) is 18.4. The number of hydrogen-bond donors (Lipinski definition) is 0. The van der Waals surface area contributed by atoms with Gasteiger partial charge in [0.15, 0.2) is 8.32 Å². The van der Waals surface area contributed by atoms with E-state index >= 15 is 0 Å². The Morgan fingerprint density at radius 3 is 2.23 bits per heavy atom. The van der Waals surface area contributed by atoms with E-state index in [4.69, 9.17) is 13.9 Å². The molecule has 180 valence electrons. The van der Waals surface area contributed by atoms with Gasteiger partial charge in [0, 0.05) is 13.2 Å². The molecule has 3 nitrogen and oxygen atoms in total. The van der Waals surface area contributed by atoms with Crippen molar-refractivity contribution in [2.75, 3.05) is 13.9 Å². The smallest absolute Gasteiger partial charge is 0.192 e. The number of hydrogen-bond acceptors (Lipinski definition) is 3. The molecule has 0 amide bonds. The molecule has 0 N–H and O–H groups in total. The van der Waals surface area contributed by atoms with E-state index in [0.717, 1.165) is 23.7 Å². The third-order valence-electron chi connectivity index (χ3n) is 11.2. The molecule has 4 saturated carbocycles. The minimum Gasteiger partial charge on any atom is -0.414 e. The van der Waals surface area contributed by atoms with Crippen molar-refractivity contribution in [3.8, 4) is 0 Å². The molecule has 0 radical (unpaired) electrons. The van der Waals surface area contributed by atoms with Crippen LogP contribution in [0, 0.1) is 34.5 Å². The maximum absolute atomic E-state index is 6.92. The van der Waals surface area contributed by atoms with E-state index < -0.39 is 8.32 Å². The second-order valence-electron chi connectivity index (χ2n) is 13.6. The summed E-state index contributed by atoms with van der Waals surface area (Å²) < 4.78 is 18.4. The molecule has 31 heavy (non-hydrogen) atoms. The summed E-state index contributed by atoms with van der Waals surface area (Å²) in [6.07, 6.45) is 13.1. The van der Waals surface area contributed by atoms with Gasteiger partial charge >= 0.3 is 0 Å². The zero-order valence-electron chi connectivity index (χ0n) is 21.8. The van der Waals surface area contributed by atoms with Crippen LogP contribution in [-0.4, -0.2) is 34.4 Å². The van der Waals surface area contributed by atoms with Gasteiger partial charge in [-0.05, 0) is 110 Å². The van der Waals surface area contributed by atoms with E-state index in [0.29, 0.717) is 34.9 Å². The quantitative estimate of drug-likeness (QED) is 0.322. The number of ether oxygens (including phenoxy) is 2. The number of methoxy groups -OCH3 is 1. The summed E-state index contributed by atoms with van der Waals surface area (Å²) in [7, 11) is 0.0707. The highest BCUT2D eigenvalue weighted by molar-refractivity contribution is 6.74. The zero-order chi connectivity index (χ0) is 22.7. The van der Waals surface area contributed by atoms with Crippen LogP contribution in [0.5, 0.6) is 0 Å². The lowest BCUT2D eigenvalue weighted by Gasteiger charge is -2.61. The molecule has 0 bridgehead atoms. The zero-order valence-corrected chi connectivity index (χ0v) is 22.8. The Labute approximate surface area is 193 Å². The van der Waals surface area contributed by atoms with Crippen LogP contribution >= 0.6 is 0 Å². The molecule has 0 spiro atoms. The minimum atomic E-state index is -1.68. The van der Waals surface area contributed by atoms with E-state index in [2.05, 4.69) is 47.7 Å². The lowest BCUT2D eigenvalue weighted by Crippen LogP contribution is -2.55. The van der Waals surface area contributed by atoms with Crippen molar-refractivity contribution >= 4 is 8.32 Å². The van der Waals surface area contributed by atoms with Crippen LogP contribution in [0.4, 0.5) is 0 Å². The topological polar surface area (TPSA) is 27.7 Å². The van der Waals surface area contributed by atoms with Gasteiger partial charge in [-0.25, -0.2) is 0 Å². The lowest BCUT2D eigenvalue weighted by atomic mass is 9.45. The van der Waals surface area contributed by atoms with Crippen LogP contribution in [0.2, 0.25) is 18.1 Å². The molecule has 4 rings (SSSR count). The number of fused-ring (bicyclic) bond motifs is 5. The number of rotatable bonds is 5. The maximum Gasteiger partial charge on any atom is 0.192 e. The molecule has 0 aromatic carbocycles. The van der Waals surface area contributed by atoms with Crippen molar-refractivity contribution in [3.63, 3.8) is 0 Å². The predicted molar refractivity (Wildman–Crippen MR) is 131 cm³/mol. The van der Waals surface area contributed by atoms with Gasteiger partial charge < -0.3 is 13.9 Å². The highest BCUT2D eigenvalue weighted by atomic mass is 28.4. The molecule has 4 fully saturated rings. The van der Waals surface area contributed by atoms with Gasteiger partial charge in [0.05, 0.1) is 6.10 Å². The van der Waals surface area contributed by atoms with Gasteiger partial charge in [-0.1, -0.05) is 34.6 Å². The van der Waals surface area contributed by atoms with Crippen molar-refractivity contribution in [2.24, 2.45) is 34.5 Å². The van der Waals surface area contributed by atoms with Gasteiger partial charge in [0.25, 0.3) is 0 Å². The first-order chi connectivity index (χ1) is 14.4. The highest BCUT2D eigenvalue weighted by Crippen LogP contribution is 2.66. The van der Waals surface area contributed by atoms with E-state index in [1.54, 1.807) is 7.11 Å². The van der Waals surface area contributed by atoms with Crippen molar-refractivity contribution in [3.05, 3.63) is 0 Å². The Bertz CT molecular complexity index is 643. The monoisotopic (exact) mass is 450 g/mol. The maximum atomic E-state index is 6.92. The molecule has 0 aromatic heterocycles. The molecule has 4 aliphatic rings. The average Bonchev–Trinajstić information content (AvgIpc) is 3.02. The summed E-state index contributed by atoms with van der Waals surface area (Å²) in [5.74, 6) is 3.55. The Balaban J connectivity index is 1.45. The standard InChI is InChI=1S/C27H50O3Si/c1-25(2,3)31(7,8)30-20-13-15-26(4)19(17-20)9-10-21-22-11-12-24(29-18-28-6)27(22,5)16-14-23(21)26/h19-24H,9-18H2,1-8H3/t19?,20-,21?,22?,23?,24-,26-,27-/m0/s1. The lowest BCUT2D eigenvalue weighted by molar-refractivity contribution is -0.158. The minimum absolute atomic E-state index is 0.309. The van der Waals surface area contributed by atoms with Crippen LogP contribution in [0.25, 0.3) is 0 Å². The molecule has 8 atom stereocenters. The van der Waals surface area contributed by atoms with Gasteiger partial charge in [0.2, 0.25) is 0 Å². The van der Waals surface area contributed by atoms with Crippen LogP contribution in [0.1, 0.15) is 92.4 Å². The summed E-state index contributed by atoms with van der Waals surface area (Å²) in [5.41, 5.74) is 0.897. The molecule has 0 aromatic rings. The summed E-state index contributed by atoms with van der Waals surface area (Å²) in [6, 6.07) is 0. The molecule has 4 aliphatic carbocycles. The van der Waals surface area contributed by atoms with Crippen LogP contribution in [-0.2, 0) is 13.9 Å². The average molecular weight is 451 g/mol. The van der Waals surface area contributed by atoms with Gasteiger partial charge in [-0.2, -0.15) is 0 Å². The Kier molecular flexibility index (Phi) is 6.56. The first-order valence-corrected chi connectivity index (χ1v) is 16.1. The van der Waals surface area contributed by atoms with Crippen molar-refractivity contribution in [1.82, 2.24) is 0 Å². The van der Waals surface area contributed by atoms with Crippen LogP contribution < -0.4 is 0 Å².